The first-order chi connectivity index (χ1) is 18.0. The van der Waals surface area contributed by atoms with Gasteiger partial charge in [0.15, 0.2) is 6.61 Å². The molecule has 2 heterocycles. The fraction of sp³-hybridized carbons (Fsp3) is 0.148. The van der Waals surface area contributed by atoms with Gasteiger partial charge in [0.05, 0.1) is 16.3 Å². The molecule has 0 spiro atoms. The SMILES string of the molecule is CC(CCc1ccccc1)=Nn1c(-c2ccc3c(c2)NC(=O)CO3)csc1=Nc1ccccc1[N+](=O)[O-]. The average Bonchev–Trinajstić information content (AvgIpc) is 3.29. The molecule has 5 rings (SSSR count). The van der Waals surface area contributed by atoms with Crippen molar-refractivity contribution in [1.82, 2.24) is 4.68 Å². The van der Waals surface area contributed by atoms with Gasteiger partial charge in [-0.15, -0.1) is 11.3 Å². The number of thiazole rings is 1. The van der Waals surface area contributed by atoms with E-state index >= 15 is 0 Å². The van der Waals surface area contributed by atoms with Crippen molar-refractivity contribution < 1.29 is 14.5 Å². The van der Waals surface area contributed by atoms with Crippen molar-refractivity contribution in [2.75, 3.05) is 11.9 Å². The summed E-state index contributed by atoms with van der Waals surface area (Å²) in [6.07, 6.45) is 1.56. The van der Waals surface area contributed by atoms with Crippen LogP contribution in [0.25, 0.3) is 11.3 Å². The van der Waals surface area contributed by atoms with Crippen LogP contribution in [0.2, 0.25) is 0 Å². The Morgan fingerprint density at radius 2 is 1.92 bits per heavy atom. The number of para-hydroxylation sites is 2. The van der Waals surface area contributed by atoms with E-state index in [0.717, 1.165) is 29.8 Å². The third-order valence-electron chi connectivity index (χ3n) is 5.78. The van der Waals surface area contributed by atoms with Gasteiger partial charge in [-0.25, -0.2) is 9.67 Å². The number of carbonyl (C=O) groups excluding carboxylic acids is 1. The minimum absolute atomic E-state index is 0.0193. The fourth-order valence-electron chi connectivity index (χ4n) is 3.92. The monoisotopic (exact) mass is 513 g/mol. The van der Waals surface area contributed by atoms with E-state index < -0.39 is 4.92 Å². The fourth-order valence-corrected chi connectivity index (χ4v) is 4.76. The Bertz CT molecular complexity index is 1570. The topological polar surface area (TPSA) is 111 Å². The molecule has 1 N–H and O–H groups in total. The molecular formula is C27H23N5O4S. The van der Waals surface area contributed by atoms with Crippen LogP contribution in [0.1, 0.15) is 18.9 Å². The first-order valence-electron chi connectivity index (χ1n) is 11.6. The number of hydrogen-bond acceptors (Lipinski definition) is 7. The molecule has 0 atom stereocenters. The number of nitro benzene ring substituents is 1. The minimum atomic E-state index is -0.446. The lowest BCUT2D eigenvalue weighted by Gasteiger charge is -2.18. The van der Waals surface area contributed by atoms with E-state index in [1.165, 1.54) is 23.0 Å². The molecule has 1 aromatic heterocycles. The summed E-state index contributed by atoms with van der Waals surface area (Å²) in [7, 11) is 0. The number of amides is 1. The van der Waals surface area contributed by atoms with Gasteiger partial charge < -0.3 is 10.1 Å². The number of aromatic nitrogens is 1. The van der Waals surface area contributed by atoms with E-state index in [4.69, 9.17) is 9.84 Å². The van der Waals surface area contributed by atoms with Gasteiger partial charge in [-0.3, -0.25) is 14.9 Å². The van der Waals surface area contributed by atoms with E-state index in [-0.39, 0.29) is 23.9 Å². The zero-order chi connectivity index (χ0) is 25.8. The molecule has 9 nitrogen and oxygen atoms in total. The lowest BCUT2D eigenvalue weighted by Crippen LogP contribution is -2.25. The van der Waals surface area contributed by atoms with E-state index in [1.54, 1.807) is 28.9 Å². The van der Waals surface area contributed by atoms with E-state index in [2.05, 4.69) is 22.4 Å². The molecular weight excluding hydrogens is 490 g/mol. The number of nitrogens with one attached hydrogen (secondary N) is 1. The smallest absolute Gasteiger partial charge is 0.294 e. The van der Waals surface area contributed by atoms with Gasteiger partial charge >= 0.3 is 0 Å². The second-order valence-electron chi connectivity index (χ2n) is 8.44. The predicted octanol–water partition coefficient (Wildman–Crippen LogP) is 5.54. The van der Waals surface area contributed by atoms with Gasteiger partial charge in [0, 0.05) is 22.7 Å². The number of carbonyl (C=O) groups is 1. The number of rotatable bonds is 7. The number of benzene rings is 3. The summed E-state index contributed by atoms with van der Waals surface area (Å²) in [6.45, 7) is 1.93. The van der Waals surface area contributed by atoms with Gasteiger partial charge in [-0.05, 0) is 49.6 Å². The first kappa shape index (κ1) is 24.1. The molecule has 3 aromatic carbocycles. The average molecular weight is 514 g/mol. The van der Waals surface area contributed by atoms with Gasteiger partial charge in [0.25, 0.3) is 11.6 Å². The van der Waals surface area contributed by atoms with Crippen LogP contribution in [0.5, 0.6) is 5.75 Å². The molecule has 1 aliphatic rings. The molecule has 186 valence electrons. The Morgan fingerprint density at radius 3 is 2.73 bits per heavy atom. The number of nitrogens with zero attached hydrogens (tertiary/aromatic N) is 4. The van der Waals surface area contributed by atoms with Crippen molar-refractivity contribution in [3.8, 4) is 17.0 Å². The van der Waals surface area contributed by atoms with E-state index in [9.17, 15) is 14.9 Å². The summed E-state index contributed by atoms with van der Waals surface area (Å²) >= 11 is 1.33. The molecule has 37 heavy (non-hydrogen) atoms. The Labute approximate surface area is 216 Å². The van der Waals surface area contributed by atoms with Crippen LogP contribution < -0.4 is 14.9 Å². The highest BCUT2D eigenvalue weighted by atomic mass is 32.1. The molecule has 1 aliphatic heterocycles. The highest BCUT2D eigenvalue weighted by Gasteiger charge is 2.18. The van der Waals surface area contributed by atoms with Crippen molar-refractivity contribution >= 4 is 40.0 Å². The summed E-state index contributed by atoms with van der Waals surface area (Å²) in [4.78, 5) is 28.0. The largest absolute Gasteiger partial charge is 0.482 e. The molecule has 1 amide bonds. The van der Waals surface area contributed by atoms with Crippen LogP contribution in [0, 0.1) is 10.1 Å². The number of aryl methyl sites for hydroxylation is 1. The third-order valence-corrected chi connectivity index (χ3v) is 6.59. The second kappa shape index (κ2) is 10.6. The molecule has 0 radical (unpaired) electrons. The minimum Gasteiger partial charge on any atom is -0.482 e. The highest BCUT2D eigenvalue weighted by Crippen LogP contribution is 2.33. The highest BCUT2D eigenvalue weighted by molar-refractivity contribution is 7.07. The van der Waals surface area contributed by atoms with Crippen molar-refractivity contribution in [1.29, 1.82) is 0 Å². The zero-order valence-corrected chi connectivity index (χ0v) is 20.8. The molecule has 0 bridgehead atoms. The Hall–Kier alpha value is -4.57. The summed E-state index contributed by atoms with van der Waals surface area (Å²) in [5.41, 5.74) is 4.37. The molecule has 0 unspecified atom stereocenters. The number of anilines is 1. The molecule has 0 fully saturated rings. The van der Waals surface area contributed by atoms with Crippen LogP contribution >= 0.6 is 11.3 Å². The van der Waals surface area contributed by atoms with Crippen molar-refractivity contribution in [3.05, 3.63) is 98.7 Å². The number of fused-ring (bicyclic) bond motifs is 1. The van der Waals surface area contributed by atoms with Gasteiger partial charge in [-0.2, -0.15) is 5.10 Å². The van der Waals surface area contributed by atoms with E-state index in [1.807, 2.05) is 42.6 Å². The third kappa shape index (κ3) is 5.49. The quantitative estimate of drug-likeness (QED) is 0.199. The van der Waals surface area contributed by atoms with E-state index in [0.29, 0.717) is 16.2 Å². The van der Waals surface area contributed by atoms with Crippen LogP contribution in [0.3, 0.4) is 0 Å². The standard InChI is InChI=1S/C27H23N5O4S/c1-18(11-12-19-7-3-2-4-8-19)30-31-24(20-13-14-25-22(15-20)28-26(33)16-36-25)17-37-27(31)29-21-9-5-6-10-23(21)32(34)35/h2-10,13-15,17H,11-12,16H2,1H3,(H,28,33). The lowest BCUT2D eigenvalue weighted by molar-refractivity contribution is -0.384. The summed E-state index contributed by atoms with van der Waals surface area (Å²) < 4.78 is 7.19. The summed E-state index contributed by atoms with van der Waals surface area (Å²) in [5, 5.41) is 21.2. The lowest BCUT2D eigenvalue weighted by atomic mass is 10.1. The molecule has 4 aromatic rings. The van der Waals surface area contributed by atoms with Crippen LogP contribution in [-0.2, 0) is 11.2 Å². The first-order valence-corrected chi connectivity index (χ1v) is 12.5. The van der Waals surface area contributed by atoms with Crippen LogP contribution in [0.4, 0.5) is 17.1 Å². The Kier molecular flexibility index (Phi) is 6.91. The summed E-state index contributed by atoms with van der Waals surface area (Å²) in [6, 6.07) is 22.0. The second-order valence-corrected chi connectivity index (χ2v) is 9.28. The van der Waals surface area contributed by atoms with Gasteiger partial charge in [-0.1, -0.05) is 42.5 Å². The molecule has 0 saturated heterocycles. The summed E-state index contributed by atoms with van der Waals surface area (Å²) in [5.74, 6) is 0.377. The molecule has 0 saturated carbocycles. The number of ether oxygens (including phenoxy) is 1. The van der Waals surface area contributed by atoms with Crippen LogP contribution in [-0.4, -0.2) is 27.8 Å². The number of nitro groups is 1. The normalized spacial score (nSPS) is 13.6. The molecule has 10 heteroatoms. The Morgan fingerprint density at radius 1 is 1.14 bits per heavy atom. The van der Waals surface area contributed by atoms with Gasteiger partial charge in [0.2, 0.25) is 4.80 Å². The molecule has 0 aliphatic carbocycles. The van der Waals surface area contributed by atoms with Crippen LogP contribution in [0.15, 0.2) is 88.3 Å². The van der Waals surface area contributed by atoms with Crippen molar-refractivity contribution in [2.24, 2.45) is 10.1 Å². The van der Waals surface area contributed by atoms with Gasteiger partial charge in [0.1, 0.15) is 11.4 Å². The maximum atomic E-state index is 11.8. The predicted molar refractivity (Wildman–Crippen MR) is 143 cm³/mol. The van der Waals surface area contributed by atoms with Crippen molar-refractivity contribution in [3.63, 3.8) is 0 Å². The number of hydrogen-bond donors (Lipinski definition) is 1. The maximum Gasteiger partial charge on any atom is 0.294 e. The Balaban J connectivity index is 1.59. The van der Waals surface area contributed by atoms with Crippen molar-refractivity contribution in [2.45, 2.75) is 19.8 Å². The maximum absolute atomic E-state index is 11.8. The zero-order valence-electron chi connectivity index (χ0n) is 20.0.